The number of ether oxygens (including phenoxy) is 1. The largest absolute Gasteiger partial charge is 0.376 e. The summed E-state index contributed by atoms with van der Waals surface area (Å²) in [5.41, 5.74) is 0.685. The van der Waals surface area contributed by atoms with Crippen LogP contribution >= 0.6 is 23.4 Å². The van der Waals surface area contributed by atoms with E-state index in [0.29, 0.717) is 10.7 Å². The fourth-order valence-corrected chi connectivity index (χ4v) is 3.55. The van der Waals surface area contributed by atoms with Crippen LogP contribution in [0.2, 0.25) is 5.02 Å². The van der Waals surface area contributed by atoms with Crippen LogP contribution in [0.25, 0.3) is 0 Å². The van der Waals surface area contributed by atoms with Gasteiger partial charge in [0.05, 0.1) is 18.4 Å². The number of benzene rings is 1. The van der Waals surface area contributed by atoms with Crippen molar-refractivity contribution in [3.8, 4) is 0 Å². The van der Waals surface area contributed by atoms with E-state index in [4.69, 9.17) is 16.3 Å². The van der Waals surface area contributed by atoms with Crippen LogP contribution in [0.15, 0.2) is 29.4 Å². The minimum absolute atomic E-state index is 0.105. The van der Waals surface area contributed by atoms with Crippen molar-refractivity contribution < 1.29 is 9.53 Å². The van der Waals surface area contributed by atoms with Crippen LogP contribution in [0.1, 0.15) is 18.7 Å². The molecule has 1 amide bonds. The third kappa shape index (κ3) is 4.49. The molecule has 1 aromatic carbocycles. The molecule has 24 heavy (non-hydrogen) atoms. The Labute approximate surface area is 149 Å². The summed E-state index contributed by atoms with van der Waals surface area (Å²) in [7, 11) is 0. The SMILES string of the molecule is Cc1nnc(SCC(=O)Nc2cccc(Cl)c2)n1CC1CCCO1. The molecule has 2 heterocycles. The molecule has 0 saturated carbocycles. The minimum atomic E-state index is -0.105. The number of hydrogen-bond acceptors (Lipinski definition) is 5. The first-order chi connectivity index (χ1) is 11.6. The molecule has 1 aromatic heterocycles. The zero-order valence-corrected chi connectivity index (χ0v) is 14.9. The maximum Gasteiger partial charge on any atom is 0.234 e. The van der Waals surface area contributed by atoms with Crippen LogP contribution < -0.4 is 5.32 Å². The highest BCUT2D eigenvalue weighted by Gasteiger charge is 2.20. The molecule has 8 heteroatoms. The van der Waals surface area contributed by atoms with E-state index in [-0.39, 0.29) is 17.8 Å². The van der Waals surface area contributed by atoms with Gasteiger partial charge in [0.15, 0.2) is 5.16 Å². The van der Waals surface area contributed by atoms with Crippen molar-refractivity contribution in [1.29, 1.82) is 0 Å². The zero-order chi connectivity index (χ0) is 16.9. The molecule has 128 valence electrons. The van der Waals surface area contributed by atoms with Gasteiger partial charge in [-0.25, -0.2) is 0 Å². The van der Waals surface area contributed by atoms with Gasteiger partial charge in [-0.05, 0) is 38.0 Å². The van der Waals surface area contributed by atoms with E-state index in [9.17, 15) is 4.79 Å². The summed E-state index contributed by atoms with van der Waals surface area (Å²) in [5, 5.41) is 12.4. The van der Waals surface area contributed by atoms with Crippen molar-refractivity contribution >= 4 is 35.0 Å². The summed E-state index contributed by atoms with van der Waals surface area (Å²) in [6.45, 7) is 3.46. The van der Waals surface area contributed by atoms with Crippen LogP contribution in [0.5, 0.6) is 0 Å². The summed E-state index contributed by atoms with van der Waals surface area (Å²) in [5.74, 6) is 0.991. The first-order valence-corrected chi connectivity index (χ1v) is 9.18. The summed E-state index contributed by atoms with van der Waals surface area (Å²) in [6.07, 6.45) is 2.35. The molecular formula is C16H19ClN4O2S. The Morgan fingerprint density at radius 2 is 2.38 bits per heavy atom. The van der Waals surface area contributed by atoms with Crippen molar-refractivity contribution in [2.75, 3.05) is 17.7 Å². The Balaban J connectivity index is 1.57. The Morgan fingerprint density at radius 1 is 1.50 bits per heavy atom. The van der Waals surface area contributed by atoms with Crippen LogP contribution in [0.3, 0.4) is 0 Å². The van der Waals surface area contributed by atoms with E-state index in [1.807, 2.05) is 11.5 Å². The lowest BCUT2D eigenvalue weighted by Crippen LogP contribution is -2.18. The van der Waals surface area contributed by atoms with Gasteiger partial charge in [0, 0.05) is 17.3 Å². The van der Waals surface area contributed by atoms with Crippen LogP contribution in [-0.4, -0.2) is 39.1 Å². The monoisotopic (exact) mass is 366 g/mol. The third-order valence-corrected chi connectivity index (χ3v) is 4.95. The molecule has 0 bridgehead atoms. The summed E-state index contributed by atoms with van der Waals surface area (Å²) in [4.78, 5) is 12.1. The maximum absolute atomic E-state index is 12.1. The van der Waals surface area contributed by atoms with Crippen molar-refractivity contribution in [3.05, 3.63) is 35.1 Å². The fraction of sp³-hybridized carbons (Fsp3) is 0.438. The van der Waals surface area contributed by atoms with Gasteiger partial charge in [-0.15, -0.1) is 10.2 Å². The number of hydrogen-bond donors (Lipinski definition) is 1. The predicted octanol–water partition coefficient (Wildman–Crippen LogP) is 3.15. The van der Waals surface area contributed by atoms with Gasteiger partial charge in [0.2, 0.25) is 5.91 Å². The molecule has 1 unspecified atom stereocenters. The second kappa shape index (κ2) is 8.00. The second-order valence-corrected chi connectivity index (χ2v) is 7.00. The number of nitrogens with one attached hydrogen (secondary N) is 1. The van der Waals surface area contributed by atoms with Gasteiger partial charge < -0.3 is 14.6 Å². The molecule has 0 aliphatic carbocycles. The molecule has 3 rings (SSSR count). The van der Waals surface area contributed by atoms with Crippen LogP contribution in [0.4, 0.5) is 5.69 Å². The number of nitrogens with zero attached hydrogens (tertiary/aromatic N) is 3. The Kier molecular flexibility index (Phi) is 5.76. The average molecular weight is 367 g/mol. The van der Waals surface area contributed by atoms with Gasteiger partial charge >= 0.3 is 0 Å². The summed E-state index contributed by atoms with van der Waals surface area (Å²) >= 11 is 7.29. The average Bonchev–Trinajstić information content (AvgIpc) is 3.17. The number of thioether (sulfide) groups is 1. The quantitative estimate of drug-likeness (QED) is 0.795. The molecule has 1 saturated heterocycles. The molecule has 2 aromatic rings. The third-order valence-electron chi connectivity index (χ3n) is 3.75. The molecule has 0 spiro atoms. The molecule has 1 aliphatic rings. The van der Waals surface area contributed by atoms with Crippen LogP contribution in [-0.2, 0) is 16.1 Å². The van der Waals surface area contributed by atoms with E-state index in [1.54, 1.807) is 24.3 Å². The Bertz CT molecular complexity index is 716. The highest BCUT2D eigenvalue weighted by atomic mass is 35.5. The van der Waals surface area contributed by atoms with E-state index >= 15 is 0 Å². The van der Waals surface area contributed by atoms with Gasteiger partial charge in [-0.3, -0.25) is 4.79 Å². The van der Waals surface area contributed by atoms with Gasteiger partial charge in [-0.2, -0.15) is 0 Å². The Morgan fingerprint density at radius 3 is 3.12 bits per heavy atom. The lowest BCUT2D eigenvalue weighted by molar-refractivity contribution is -0.113. The summed E-state index contributed by atoms with van der Waals surface area (Å²) < 4.78 is 7.70. The Hall–Kier alpha value is -1.57. The number of aryl methyl sites for hydroxylation is 1. The van der Waals surface area contributed by atoms with E-state index in [0.717, 1.165) is 37.0 Å². The second-order valence-electron chi connectivity index (χ2n) is 5.62. The minimum Gasteiger partial charge on any atom is -0.376 e. The first kappa shape index (κ1) is 17.3. The smallest absolute Gasteiger partial charge is 0.234 e. The lowest BCUT2D eigenvalue weighted by atomic mass is 10.2. The molecular weight excluding hydrogens is 348 g/mol. The van der Waals surface area contributed by atoms with Gasteiger partial charge in [-0.1, -0.05) is 29.4 Å². The molecule has 1 N–H and O–H groups in total. The van der Waals surface area contributed by atoms with Crippen molar-refractivity contribution in [2.24, 2.45) is 0 Å². The predicted molar refractivity (Wildman–Crippen MR) is 94.5 cm³/mol. The number of rotatable bonds is 6. The van der Waals surface area contributed by atoms with Crippen LogP contribution in [0, 0.1) is 6.92 Å². The number of carbonyl (C=O) groups is 1. The summed E-state index contributed by atoms with van der Waals surface area (Å²) in [6, 6.07) is 7.09. The standard InChI is InChI=1S/C16H19ClN4O2S/c1-11-19-20-16(21(11)9-14-6-3-7-23-14)24-10-15(22)18-13-5-2-4-12(17)8-13/h2,4-5,8,14H,3,6-7,9-10H2,1H3,(H,18,22). The first-order valence-electron chi connectivity index (χ1n) is 7.81. The van der Waals surface area contributed by atoms with Crippen molar-refractivity contribution in [3.63, 3.8) is 0 Å². The zero-order valence-electron chi connectivity index (χ0n) is 13.4. The van der Waals surface area contributed by atoms with Gasteiger partial charge in [0.1, 0.15) is 5.82 Å². The highest BCUT2D eigenvalue weighted by molar-refractivity contribution is 7.99. The number of anilines is 1. The highest BCUT2D eigenvalue weighted by Crippen LogP contribution is 2.21. The molecule has 1 atom stereocenters. The maximum atomic E-state index is 12.1. The molecule has 1 aliphatic heterocycles. The number of halogens is 1. The van der Waals surface area contributed by atoms with Crippen molar-refractivity contribution in [1.82, 2.24) is 14.8 Å². The molecule has 1 fully saturated rings. The van der Waals surface area contributed by atoms with E-state index in [2.05, 4.69) is 15.5 Å². The lowest BCUT2D eigenvalue weighted by Gasteiger charge is -2.13. The van der Waals surface area contributed by atoms with Gasteiger partial charge in [0.25, 0.3) is 0 Å². The fourth-order valence-electron chi connectivity index (χ4n) is 2.56. The number of carbonyl (C=O) groups excluding carboxylic acids is 1. The number of amides is 1. The van der Waals surface area contributed by atoms with E-state index in [1.165, 1.54) is 11.8 Å². The normalized spacial score (nSPS) is 17.2. The topological polar surface area (TPSA) is 69.0 Å². The molecule has 0 radical (unpaired) electrons. The van der Waals surface area contributed by atoms with Crippen molar-refractivity contribution in [2.45, 2.75) is 37.6 Å². The number of aromatic nitrogens is 3. The van der Waals surface area contributed by atoms with E-state index < -0.39 is 0 Å². The molecule has 6 nitrogen and oxygen atoms in total.